The number of fused-ring (bicyclic) bond motifs is 1. The maximum Gasteiger partial charge on any atom is 0.287 e. The van der Waals surface area contributed by atoms with Crippen molar-refractivity contribution in [3.8, 4) is 0 Å². The minimum absolute atomic E-state index is 0.0807. The van der Waals surface area contributed by atoms with Crippen LogP contribution < -0.4 is 5.43 Å². The molecule has 1 aromatic carbocycles. The van der Waals surface area contributed by atoms with Crippen molar-refractivity contribution in [3.05, 3.63) is 70.6 Å². The van der Waals surface area contributed by atoms with Crippen LogP contribution in [0.15, 0.2) is 74.5 Å². The molecule has 0 fully saturated rings. The fraction of sp³-hybridized carbons (Fsp3) is 0. The number of hydrogen-bond acceptors (Lipinski definition) is 8. The van der Waals surface area contributed by atoms with Gasteiger partial charge in [0.1, 0.15) is 17.8 Å². The molecule has 0 saturated heterocycles. The number of benzene rings is 1. The Morgan fingerprint density at radius 2 is 2.11 bits per heavy atom. The van der Waals surface area contributed by atoms with Crippen LogP contribution in [0, 0.1) is 10.1 Å². The first-order chi connectivity index (χ1) is 13.2. The molecular weight excluding hydrogens is 368 g/mol. The normalized spacial score (nSPS) is 11.3. The van der Waals surface area contributed by atoms with Gasteiger partial charge in [0.25, 0.3) is 5.69 Å². The standard InChI is InChI=1S/C17H12N6O3S/c24-23(25)11-5-7-15(18-9-11)22-19-10-12-6-8-16(26-12)27-17-20-13-3-1-2-4-14(13)21-17/h1-10H,(H,18,22)(H,20,21)/b19-10-. The third kappa shape index (κ3) is 3.96. The summed E-state index contributed by atoms with van der Waals surface area (Å²) >= 11 is 1.38. The second-order valence-electron chi connectivity index (χ2n) is 5.35. The number of nitro groups is 1. The van der Waals surface area contributed by atoms with Crippen LogP contribution in [0.25, 0.3) is 11.0 Å². The zero-order valence-corrected chi connectivity index (χ0v) is 14.5. The second kappa shape index (κ2) is 7.30. The summed E-state index contributed by atoms with van der Waals surface area (Å²) in [7, 11) is 0. The van der Waals surface area contributed by atoms with Crippen molar-refractivity contribution in [2.75, 3.05) is 5.43 Å². The number of hydrazone groups is 1. The van der Waals surface area contributed by atoms with Crippen LogP contribution in [0.3, 0.4) is 0 Å². The van der Waals surface area contributed by atoms with Crippen molar-refractivity contribution in [2.24, 2.45) is 5.10 Å². The third-order valence-corrected chi connectivity index (χ3v) is 4.30. The number of aromatic amines is 1. The lowest BCUT2D eigenvalue weighted by atomic mass is 10.3. The van der Waals surface area contributed by atoms with Crippen molar-refractivity contribution >= 4 is 40.5 Å². The molecule has 0 spiro atoms. The van der Waals surface area contributed by atoms with Crippen LogP contribution in [0.4, 0.5) is 11.5 Å². The van der Waals surface area contributed by atoms with Crippen LogP contribution in [0.2, 0.25) is 0 Å². The number of nitrogens with zero attached hydrogens (tertiary/aromatic N) is 4. The third-order valence-electron chi connectivity index (χ3n) is 3.50. The highest BCUT2D eigenvalue weighted by atomic mass is 32.2. The van der Waals surface area contributed by atoms with E-state index in [1.165, 1.54) is 30.1 Å². The summed E-state index contributed by atoms with van der Waals surface area (Å²) in [5, 5.41) is 16.0. The summed E-state index contributed by atoms with van der Waals surface area (Å²) in [6.07, 6.45) is 2.65. The molecule has 0 aliphatic heterocycles. The first kappa shape index (κ1) is 16.8. The van der Waals surface area contributed by atoms with Gasteiger partial charge in [0.05, 0.1) is 22.2 Å². The Bertz CT molecular complexity index is 1090. The van der Waals surface area contributed by atoms with Gasteiger partial charge in [0, 0.05) is 6.07 Å². The number of aromatic nitrogens is 3. The number of rotatable bonds is 6. The lowest BCUT2D eigenvalue weighted by Crippen LogP contribution is -1.94. The number of H-pyrrole nitrogens is 1. The summed E-state index contributed by atoms with van der Waals surface area (Å²) in [5.74, 6) is 0.934. The van der Waals surface area contributed by atoms with Gasteiger partial charge in [0.15, 0.2) is 10.2 Å². The first-order valence-electron chi connectivity index (χ1n) is 7.79. The number of anilines is 1. The van der Waals surface area contributed by atoms with Gasteiger partial charge in [-0.15, -0.1) is 0 Å². The summed E-state index contributed by atoms with van der Waals surface area (Å²) in [6, 6.07) is 14.2. The zero-order valence-electron chi connectivity index (χ0n) is 13.7. The van der Waals surface area contributed by atoms with E-state index in [0.717, 1.165) is 22.4 Å². The quantitative estimate of drug-likeness (QED) is 0.294. The van der Waals surface area contributed by atoms with Crippen LogP contribution >= 0.6 is 11.8 Å². The van der Waals surface area contributed by atoms with Gasteiger partial charge in [-0.2, -0.15) is 5.10 Å². The van der Waals surface area contributed by atoms with Crippen LogP contribution in [0.5, 0.6) is 0 Å². The summed E-state index contributed by atoms with van der Waals surface area (Å²) < 4.78 is 5.68. The number of hydrogen-bond donors (Lipinski definition) is 2. The van der Waals surface area contributed by atoms with Crippen LogP contribution in [-0.4, -0.2) is 26.1 Å². The van der Waals surface area contributed by atoms with Crippen LogP contribution in [-0.2, 0) is 0 Å². The Morgan fingerprint density at radius 3 is 2.89 bits per heavy atom. The number of nitrogens with one attached hydrogen (secondary N) is 2. The number of furan rings is 1. The highest BCUT2D eigenvalue weighted by molar-refractivity contribution is 7.99. The molecule has 0 aliphatic carbocycles. The fourth-order valence-electron chi connectivity index (χ4n) is 2.25. The Kier molecular flexibility index (Phi) is 4.54. The molecule has 134 valence electrons. The Hall–Kier alpha value is -3.66. The predicted molar refractivity (Wildman–Crippen MR) is 101 cm³/mol. The van der Waals surface area contributed by atoms with Gasteiger partial charge >= 0.3 is 0 Å². The molecule has 0 saturated carbocycles. The molecule has 27 heavy (non-hydrogen) atoms. The van der Waals surface area contributed by atoms with E-state index in [9.17, 15) is 10.1 Å². The largest absolute Gasteiger partial charge is 0.448 e. The lowest BCUT2D eigenvalue weighted by molar-refractivity contribution is -0.385. The lowest BCUT2D eigenvalue weighted by Gasteiger charge is -1.97. The van der Waals surface area contributed by atoms with Crippen molar-refractivity contribution in [2.45, 2.75) is 10.2 Å². The van der Waals surface area contributed by atoms with Crippen LogP contribution in [0.1, 0.15) is 5.76 Å². The van der Waals surface area contributed by atoms with Gasteiger partial charge in [-0.25, -0.2) is 9.97 Å². The highest BCUT2D eigenvalue weighted by Crippen LogP contribution is 2.28. The number of para-hydroxylation sites is 2. The van der Waals surface area contributed by atoms with Crippen molar-refractivity contribution in [1.29, 1.82) is 0 Å². The summed E-state index contributed by atoms with van der Waals surface area (Å²) in [5.41, 5.74) is 4.47. The molecule has 4 aromatic rings. The number of imidazole rings is 1. The van der Waals surface area contributed by atoms with Gasteiger partial charge in [-0.05, 0) is 42.1 Å². The molecule has 3 aromatic heterocycles. The highest BCUT2D eigenvalue weighted by Gasteiger charge is 2.08. The van der Waals surface area contributed by atoms with E-state index >= 15 is 0 Å². The van der Waals surface area contributed by atoms with Crippen molar-refractivity contribution in [1.82, 2.24) is 15.0 Å². The molecule has 0 bridgehead atoms. The molecule has 3 heterocycles. The van der Waals surface area contributed by atoms with Gasteiger partial charge < -0.3 is 9.40 Å². The molecule has 0 amide bonds. The Morgan fingerprint density at radius 1 is 1.22 bits per heavy atom. The smallest absolute Gasteiger partial charge is 0.287 e. The minimum atomic E-state index is -0.510. The maximum absolute atomic E-state index is 10.6. The predicted octanol–water partition coefficient (Wildman–Crippen LogP) is 4.06. The average molecular weight is 380 g/mol. The van der Waals surface area contributed by atoms with Crippen molar-refractivity contribution in [3.63, 3.8) is 0 Å². The van der Waals surface area contributed by atoms with E-state index in [2.05, 4.69) is 25.5 Å². The van der Waals surface area contributed by atoms with E-state index in [4.69, 9.17) is 4.42 Å². The number of pyridine rings is 1. The SMILES string of the molecule is O=[N+]([O-])c1ccc(N/N=C\c2ccc(Sc3nc4ccccc4[nH]3)o2)nc1. The second-order valence-corrected chi connectivity index (χ2v) is 6.34. The fourth-order valence-corrected chi connectivity index (χ4v) is 3.02. The van der Waals surface area contributed by atoms with E-state index in [0.29, 0.717) is 16.7 Å². The van der Waals surface area contributed by atoms with Crippen molar-refractivity contribution < 1.29 is 9.34 Å². The first-order valence-corrected chi connectivity index (χ1v) is 8.61. The average Bonchev–Trinajstić information content (AvgIpc) is 3.28. The molecule has 2 N–H and O–H groups in total. The Balaban J connectivity index is 1.38. The van der Waals surface area contributed by atoms with E-state index in [1.807, 2.05) is 30.3 Å². The molecule has 0 aliphatic rings. The molecule has 0 unspecified atom stereocenters. The van der Waals surface area contributed by atoms with Gasteiger partial charge in [-0.1, -0.05) is 12.1 Å². The maximum atomic E-state index is 10.6. The molecule has 0 atom stereocenters. The molecule has 9 nitrogen and oxygen atoms in total. The van der Waals surface area contributed by atoms with E-state index < -0.39 is 4.92 Å². The Labute approximate surface area is 156 Å². The minimum Gasteiger partial charge on any atom is -0.448 e. The molecule has 4 rings (SSSR count). The van der Waals surface area contributed by atoms with Gasteiger partial charge in [0.2, 0.25) is 0 Å². The zero-order chi connectivity index (χ0) is 18.6. The monoisotopic (exact) mass is 380 g/mol. The molecule has 0 radical (unpaired) electrons. The summed E-state index contributed by atoms with van der Waals surface area (Å²) in [4.78, 5) is 21.7. The summed E-state index contributed by atoms with van der Waals surface area (Å²) in [6.45, 7) is 0. The van der Waals surface area contributed by atoms with E-state index in [1.54, 1.807) is 6.07 Å². The molecular formula is C17H12N6O3S. The van der Waals surface area contributed by atoms with E-state index in [-0.39, 0.29) is 5.69 Å². The topological polar surface area (TPSA) is 122 Å². The molecule has 10 heteroatoms. The van der Waals surface area contributed by atoms with Gasteiger partial charge in [-0.3, -0.25) is 15.5 Å².